The van der Waals surface area contributed by atoms with Crippen LogP contribution in [0.15, 0.2) is 24.3 Å². The Labute approximate surface area is 110 Å². The molecule has 0 saturated carbocycles. The summed E-state index contributed by atoms with van der Waals surface area (Å²) in [5.74, 6) is 0.385. The second-order valence-corrected chi connectivity index (χ2v) is 4.40. The summed E-state index contributed by atoms with van der Waals surface area (Å²) in [5, 5.41) is 2.70. The van der Waals surface area contributed by atoms with Crippen molar-refractivity contribution in [2.24, 2.45) is 0 Å². The van der Waals surface area contributed by atoms with Crippen molar-refractivity contribution in [2.45, 2.75) is 6.92 Å². The number of esters is 1. The Bertz CT molecular complexity index is 406. The van der Waals surface area contributed by atoms with Crippen LogP contribution in [0.5, 0.6) is 0 Å². The van der Waals surface area contributed by atoms with E-state index in [1.807, 2.05) is 0 Å². The van der Waals surface area contributed by atoms with E-state index in [1.165, 1.54) is 26.0 Å². The second-order valence-electron chi connectivity index (χ2n) is 3.50. The molecular formula is C12H16N2O3S. The molecule has 98 valence electrons. The molecule has 6 heteroatoms. The van der Waals surface area contributed by atoms with Gasteiger partial charge in [0.05, 0.1) is 12.7 Å². The van der Waals surface area contributed by atoms with Gasteiger partial charge in [0.2, 0.25) is 5.91 Å². The molecule has 0 saturated heterocycles. The van der Waals surface area contributed by atoms with Gasteiger partial charge in [-0.2, -0.15) is 0 Å². The van der Waals surface area contributed by atoms with Crippen LogP contribution in [0.4, 0.5) is 5.69 Å². The fraction of sp³-hybridized carbons (Fsp3) is 0.333. The molecule has 5 nitrogen and oxygen atoms in total. The molecule has 0 unspecified atom stereocenters. The lowest BCUT2D eigenvalue weighted by Gasteiger charge is -2.06. The molecule has 1 aromatic carbocycles. The number of hydrogen-bond donors (Lipinski definition) is 2. The summed E-state index contributed by atoms with van der Waals surface area (Å²) in [7, 11) is 1.35. The Kier molecular flexibility index (Phi) is 6.07. The molecule has 0 heterocycles. The van der Waals surface area contributed by atoms with Crippen LogP contribution >= 0.6 is 11.9 Å². The van der Waals surface area contributed by atoms with Crippen molar-refractivity contribution < 1.29 is 14.3 Å². The van der Waals surface area contributed by atoms with Crippen molar-refractivity contribution in [3.05, 3.63) is 29.8 Å². The van der Waals surface area contributed by atoms with E-state index < -0.39 is 0 Å². The first-order chi connectivity index (χ1) is 8.63. The smallest absolute Gasteiger partial charge is 0.337 e. The number of rotatable bonds is 6. The zero-order valence-corrected chi connectivity index (χ0v) is 11.2. The first-order valence-corrected chi connectivity index (χ1v) is 6.42. The third kappa shape index (κ3) is 5.09. The van der Waals surface area contributed by atoms with E-state index in [2.05, 4.69) is 14.8 Å². The Morgan fingerprint density at radius 3 is 2.50 bits per heavy atom. The van der Waals surface area contributed by atoms with E-state index in [9.17, 15) is 9.59 Å². The summed E-state index contributed by atoms with van der Waals surface area (Å²) in [6.45, 7) is 2.11. The van der Waals surface area contributed by atoms with Gasteiger partial charge in [-0.15, -0.1) is 0 Å². The second kappa shape index (κ2) is 7.60. The van der Waals surface area contributed by atoms with Gasteiger partial charge in [0.15, 0.2) is 0 Å². The fourth-order valence-corrected chi connectivity index (χ4v) is 1.81. The number of nitrogens with one attached hydrogen (secondary N) is 2. The van der Waals surface area contributed by atoms with E-state index in [1.54, 1.807) is 24.3 Å². The van der Waals surface area contributed by atoms with Gasteiger partial charge in [0, 0.05) is 24.9 Å². The molecule has 0 aromatic heterocycles. The van der Waals surface area contributed by atoms with Crippen LogP contribution in [0, 0.1) is 0 Å². The highest BCUT2D eigenvalue weighted by atomic mass is 32.2. The van der Waals surface area contributed by atoms with Gasteiger partial charge in [-0.05, 0) is 24.3 Å². The number of amides is 1. The molecule has 1 amide bonds. The van der Waals surface area contributed by atoms with E-state index in [0.717, 1.165) is 11.4 Å². The Morgan fingerprint density at radius 1 is 1.28 bits per heavy atom. The Hall–Kier alpha value is -1.69. The van der Waals surface area contributed by atoms with Crippen LogP contribution in [-0.2, 0) is 9.53 Å². The lowest BCUT2D eigenvalue weighted by Crippen LogP contribution is -2.22. The Balaban J connectivity index is 2.31. The first-order valence-electron chi connectivity index (χ1n) is 5.44. The molecule has 0 aliphatic rings. The lowest BCUT2D eigenvalue weighted by atomic mass is 10.2. The van der Waals surface area contributed by atoms with Crippen LogP contribution in [-0.4, -0.2) is 31.3 Å². The number of anilines is 1. The minimum absolute atomic E-state index is 0.0296. The Morgan fingerprint density at radius 2 is 1.94 bits per heavy atom. The molecule has 18 heavy (non-hydrogen) atoms. The maximum absolute atomic E-state index is 11.2. The molecule has 0 aliphatic heterocycles. The highest BCUT2D eigenvalue weighted by Crippen LogP contribution is 2.14. The van der Waals surface area contributed by atoms with Crippen LogP contribution < -0.4 is 10.0 Å². The number of ether oxygens (including phenoxy) is 1. The molecule has 1 aromatic rings. The van der Waals surface area contributed by atoms with E-state index in [4.69, 9.17) is 0 Å². The molecule has 0 bridgehead atoms. The number of carbonyl (C=O) groups is 2. The highest BCUT2D eigenvalue weighted by Gasteiger charge is 2.03. The van der Waals surface area contributed by atoms with Gasteiger partial charge in [-0.3, -0.25) is 4.79 Å². The highest BCUT2D eigenvalue weighted by molar-refractivity contribution is 8.00. The van der Waals surface area contributed by atoms with E-state index in [-0.39, 0.29) is 11.9 Å². The van der Waals surface area contributed by atoms with Crippen LogP contribution in [0.1, 0.15) is 17.3 Å². The molecule has 1 rings (SSSR count). The topological polar surface area (TPSA) is 67.4 Å². The molecule has 0 aliphatic carbocycles. The van der Waals surface area contributed by atoms with Gasteiger partial charge in [0.25, 0.3) is 0 Å². The predicted octanol–water partition coefficient (Wildman–Crippen LogP) is 1.67. The van der Waals surface area contributed by atoms with Crippen LogP contribution in [0.25, 0.3) is 0 Å². The molecule has 0 atom stereocenters. The van der Waals surface area contributed by atoms with E-state index >= 15 is 0 Å². The van der Waals surface area contributed by atoms with Crippen molar-refractivity contribution >= 4 is 29.5 Å². The van der Waals surface area contributed by atoms with E-state index in [0.29, 0.717) is 12.1 Å². The van der Waals surface area contributed by atoms with Crippen molar-refractivity contribution in [3.8, 4) is 0 Å². The molecule has 0 radical (unpaired) electrons. The predicted molar refractivity (Wildman–Crippen MR) is 72.5 cm³/mol. The number of benzene rings is 1. The number of carbonyl (C=O) groups excluding carboxylic acids is 2. The fourth-order valence-electron chi connectivity index (χ4n) is 1.20. The largest absolute Gasteiger partial charge is 0.465 e. The number of methoxy groups -OCH3 is 1. The van der Waals surface area contributed by atoms with Gasteiger partial charge >= 0.3 is 5.97 Å². The minimum Gasteiger partial charge on any atom is -0.465 e. The van der Waals surface area contributed by atoms with Crippen LogP contribution in [0.2, 0.25) is 0 Å². The zero-order chi connectivity index (χ0) is 13.4. The zero-order valence-electron chi connectivity index (χ0n) is 10.4. The molecule has 0 spiro atoms. The maximum atomic E-state index is 11.2. The summed E-state index contributed by atoms with van der Waals surface area (Å²) < 4.78 is 7.72. The van der Waals surface area contributed by atoms with Gasteiger partial charge in [-0.25, -0.2) is 4.79 Å². The average Bonchev–Trinajstić information content (AvgIpc) is 2.38. The third-order valence-electron chi connectivity index (χ3n) is 2.07. The standard InChI is InChI=1S/C12H16N2O3S/c1-9(15)13-7-8-18-14-11-5-3-10(4-6-11)12(16)17-2/h3-6,14H,7-8H2,1-2H3,(H,13,15). The quantitative estimate of drug-likeness (QED) is 0.466. The summed E-state index contributed by atoms with van der Waals surface area (Å²) in [6.07, 6.45) is 0. The van der Waals surface area contributed by atoms with Crippen molar-refractivity contribution in [2.75, 3.05) is 24.1 Å². The van der Waals surface area contributed by atoms with Crippen molar-refractivity contribution in [1.82, 2.24) is 5.32 Å². The number of hydrogen-bond acceptors (Lipinski definition) is 5. The monoisotopic (exact) mass is 268 g/mol. The molecule has 2 N–H and O–H groups in total. The van der Waals surface area contributed by atoms with Gasteiger partial charge in [-0.1, -0.05) is 11.9 Å². The SMILES string of the molecule is COC(=O)c1ccc(NSCCNC(C)=O)cc1. The third-order valence-corrected chi connectivity index (χ3v) is 2.86. The normalized spacial score (nSPS) is 9.67. The minimum atomic E-state index is -0.347. The summed E-state index contributed by atoms with van der Waals surface area (Å²) in [5.41, 5.74) is 1.42. The molecule has 0 fully saturated rings. The summed E-state index contributed by atoms with van der Waals surface area (Å²) in [4.78, 5) is 21.8. The molecular weight excluding hydrogens is 252 g/mol. The van der Waals surface area contributed by atoms with Crippen LogP contribution in [0.3, 0.4) is 0 Å². The maximum Gasteiger partial charge on any atom is 0.337 e. The van der Waals surface area contributed by atoms with Crippen molar-refractivity contribution in [1.29, 1.82) is 0 Å². The summed E-state index contributed by atoms with van der Waals surface area (Å²) in [6, 6.07) is 7.00. The summed E-state index contributed by atoms with van der Waals surface area (Å²) >= 11 is 1.49. The van der Waals surface area contributed by atoms with Gasteiger partial charge < -0.3 is 14.8 Å². The lowest BCUT2D eigenvalue weighted by molar-refractivity contribution is -0.118. The first kappa shape index (κ1) is 14.4. The van der Waals surface area contributed by atoms with Crippen molar-refractivity contribution in [3.63, 3.8) is 0 Å². The van der Waals surface area contributed by atoms with Gasteiger partial charge in [0.1, 0.15) is 0 Å². The average molecular weight is 268 g/mol.